The third kappa shape index (κ3) is 2.14. The highest BCUT2D eigenvalue weighted by Gasteiger charge is 2.10. The highest BCUT2D eigenvalue weighted by atomic mass is 14.9. The minimum atomic E-state index is 0.451. The van der Waals surface area contributed by atoms with Gasteiger partial charge in [0.2, 0.25) is 0 Å². The van der Waals surface area contributed by atoms with Gasteiger partial charge in [0.05, 0.1) is 0 Å². The van der Waals surface area contributed by atoms with Crippen molar-refractivity contribution in [3.05, 3.63) is 46.1 Å². The normalized spacial score (nSPS) is 14.0. The first-order chi connectivity index (χ1) is 9.01. The summed E-state index contributed by atoms with van der Waals surface area (Å²) in [7, 11) is 0. The van der Waals surface area contributed by atoms with Gasteiger partial charge < -0.3 is 4.57 Å². The first-order valence-electron chi connectivity index (χ1n) is 6.94. The minimum Gasteiger partial charge on any atom is -0.342 e. The van der Waals surface area contributed by atoms with Crippen LogP contribution in [-0.2, 0) is 6.54 Å². The molecule has 0 amide bonds. The molecule has 1 heteroatoms. The molecule has 0 aliphatic rings. The van der Waals surface area contributed by atoms with Gasteiger partial charge in [0.1, 0.15) is 0 Å². The van der Waals surface area contributed by atoms with Gasteiger partial charge in [0.25, 0.3) is 0 Å². The number of hydrogen-bond acceptors (Lipinski definition) is 0. The number of nitrogens with zero attached hydrogens (tertiary/aromatic N) is 1. The Morgan fingerprint density at radius 2 is 1.89 bits per heavy atom. The van der Waals surface area contributed by atoms with E-state index in [1.807, 2.05) is 0 Å². The van der Waals surface area contributed by atoms with Gasteiger partial charge in [-0.3, -0.25) is 0 Å². The summed E-state index contributed by atoms with van der Waals surface area (Å²) in [6, 6.07) is 6.68. The highest BCUT2D eigenvalue weighted by Crippen LogP contribution is 2.25. The molecule has 1 unspecified atom stereocenters. The van der Waals surface area contributed by atoms with E-state index in [0.717, 1.165) is 17.2 Å². The molecule has 1 aromatic heterocycles. The maximum absolute atomic E-state index is 4.21. The van der Waals surface area contributed by atoms with Crippen LogP contribution in [0, 0.1) is 0 Å². The number of aromatic nitrogens is 1. The van der Waals surface area contributed by atoms with Crippen molar-refractivity contribution in [2.75, 3.05) is 0 Å². The Labute approximate surface area is 115 Å². The van der Waals surface area contributed by atoms with Gasteiger partial charge >= 0.3 is 0 Å². The van der Waals surface area contributed by atoms with Gasteiger partial charge in [-0.05, 0) is 32.4 Å². The van der Waals surface area contributed by atoms with Gasteiger partial charge in [0.15, 0.2) is 0 Å². The van der Waals surface area contributed by atoms with E-state index in [1.54, 1.807) is 0 Å². The fourth-order valence-corrected chi connectivity index (χ4v) is 2.67. The van der Waals surface area contributed by atoms with E-state index in [0.29, 0.717) is 5.92 Å². The molecule has 1 nitrogen and oxygen atoms in total. The molecule has 0 bridgehead atoms. The number of rotatable bonds is 3. The summed E-state index contributed by atoms with van der Waals surface area (Å²) in [6.07, 6.45) is 2.18. The maximum atomic E-state index is 4.21. The van der Waals surface area contributed by atoms with Crippen LogP contribution >= 0.6 is 0 Å². The van der Waals surface area contributed by atoms with Crippen molar-refractivity contribution >= 4 is 23.9 Å². The van der Waals surface area contributed by atoms with Crippen molar-refractivity contribution in [2.24, 2.45) is 0 Å². The summed E-state index contributed by atoms with van der Waals surface area (Å²) in [5.41, 5.74) is 2.75. The van der Waals surface area contributed by atoms with Crippen LogP contribution in [0.2, 0.25) is 0 Å². The van der Waals surface area contributed by atoms with Crippen LogP contribution in [0.1, 0.15) is 39.2 Å². The Morgan fingerprint density at radius 1 is 1.26 bits per heavy atom. The van der Waals surface area contributed by atoms with Crippen LogP contribution in [0.25, 0.3) is 23.9 Å². The van der Waals surface area contributed by atoms with Gasteiger partial charge in [-0.2, -0.15) is 0 Å². The van der Waals surface area contributed by atoms with Crippen molar-refractivity contribution in [3.63, 3.8) is 0 Å². The van der Waals surface area contributed by atoms with E-state index in [2.05, 4.69) is 69.7 Å². The summed E-state index contributed by atoms with van der Waals surface area (Å²) >= 11 is 0. The summed E-state index contributed by atoms with van der Waals surface area (Å²) in [6.45, 7) is 18.0. The molecule has 0 aliphatic heterocycles. The molecule has 0 spiro atoms. The Bertz CT molecular complexity index is 731. The second kappa shape index (κ2) is 5.08. The lowest BCUT2D eigenvalue weighted by molar-refractivity contribution is 0.731. The monoisotopic (exact) mass is 253 g/mol. The first kappa shape index (κ1) is 13.7. The quantitative estimate of drug-likeness (QED) is 0.737. The zero-order valence-corrected chi connectivity index (χ0v) is 12.5. The molecule has 19 heavy (non-hydrogen) atoms. The average Bonchev–Trinajstić information content (AvgIpc) is 2.68. The molecule has 0 aliphatic carbocycles. The van der Waals surface area contributed by atoms with Crippen LogP contribution in [-0.4, -0.2) is 4.57 Å². The molecule has 0 radical (unpaired) electrons. The van der Waals surface area contributed by atoms with Gasteiger partial charge in [-0.25, -0.2) is 0 Å². The number of allylic oxidation sites excluding steroid dienone is 2. The lowest BCUT2D eigenvalue weighted by Crippen LogP contribution is -2.23. The summed E-state index contributed by atoms with van der Waals surface area (Å²) in [5, 5.41) is 4.61. The van der Waals surface area contributed by atoms with Crippen molar-refractivity contribution in [2.45, 2.75) is 40.2 Å². The van der Waals surface area contributed by atoms with Crippen molar-refractivity contribution in [1.29, 1.82) is 0 Å². The first-order valence-corrected chi connectivity index (χ1v) is 6.94. The topological polar surface area (TPSA) is 4.93 Å². The number of benzene rings is 1. The fourth-order valence-electron chi connectivity index (χ4n) is 2.67. The van der Waals surface area contributed by atoms with E-state index < -0.39 is 0 Å². The van der Waals surface area contributed by atoms with Crippen LogP contribution in [0.5, 0.6) is 0 Å². The van der Waals surface area contributed by atoms with E-state index >= 15 is 0 Å². The zero-order chi connectivity index (χ0) is 14.2. The third-order valence-corrected chi connectivity index (χ3v) is 4.27. The lowest BCUT2D eigenvalue weighted by atomic mass is 9.92. The molecule has 2 rings (SSSR count). The molecule has 0 saturated heterocycles. The number of hydrogen-bond donors (Lipinski definition) is 0. The Kier molecular flexibility index (Phi) is 3.66. The van der Waals surface area contributed by atoms with Gasteiger partial charge in [-0.15, -0.1) is 0 Å². The average molecular weight is 253 g/mol. The molecule has 0 N–H and O–H groups in total. The van der Waals surface area contributed by atoms with Crippen LogP contribution < -0.4 is 10.7 Å². The Morgan fingerprint density at radius 3 is 2.47 bits per heavy atom. The van der Waals surface area contributed by atoms with Crippen LogP contribution in [0.15, 0.2) is 29.8 Å². The minimum absolute atomic E-state index is 0.451. The van der Waals surface area contributed by atoms with Gasteiger partial charge in [0, 0.05) is 33.9 Å². The smallest absolute Gasteiger partial charge is 0.0418 e. The molecular weight excluding hydrogens is 230 g/mol. The highest BCUT2D eigenvalue weighted by molar-refractivity contribution is 5.84. The molecule has 2 aromatic rings. The van der Waals surface area contributed by atoms with E-state index in [9.17, 15) is 0 Å². The van der Waals surface area contributed by atoms with E-state index in [1.165, 1.54) is 21.9 Å². The SMILES string of the molecule is C=c1c2ccc(C(C)C(C)=CC)cc2c(=C)n1CC. The molecule has 0 fully saturated rings. The maximum Gasteiger partial charge on any atom is 0.0418 e. The van der Waals surface area contributed by atoms with E-state index in [-0.39, 0.29) is 0 Å². The molecule has 1 atom stereocenters. The largest absolute Gasteiger partial charge is 0.342 e. The van der Waals surface area contributed by atoms with Gasteiger partial charge in [-0.1, -0.05) is 43.9 Å². The standard InChI is InChI=1S/C18H23N/c1-7-12(3)13(4)16-9-10-17-14(5)19(8-2)15(6)18(17)11-16/h7,9-11,13H,5-6,8H2,1-4H3. The lowest BCUT2D eigenvalue weighted by Gasteiger charge is -2.12. The summed E-state index contributed by atoms with van der Waals surface area (Å²) in [5.74, 6) is 0.451. The molecule has 100 valence electrons. The molecule has 1 aromatic carbocycles. The molecule has 1 heterocycles. The number of fused-ring (bicyclic) bond motifs is 1. The summed E-state index contributed by atoms with van der Waals surface area (Å²) in [4.78, 5) is 0. The van der Waals surface area contributed by atoms with Crippen molar-refractivity contribution in [1.82, 2.24) is 4.57 Å². The fraction of sp³-hybridized carbons (Fsp3) is 0.333. The third-order valence-electron chi connectivity index (χ3n) is 4.27. The Hall–Kier alpha value is -1.76. The zero-order valence-electron chi connectivity index (χ0n) is 12.5. The van der Waals surface area contributed by atoms with E-state index in [4.69, 9.17) is 0 Å². The molecular formula is C18H23N. The molecule has 0 saturated carbocycles. The second-order valence-electron chi connectivity index (χ2n) is 5.20. The predicted octanol–water partition coefficient (Wildman–Crippen LogP) is 3.55. The van der Waals surface area contributed by atoms with Crippen LogP contribution in [0.3, 0.4) is 0 Å². The van der Waals surface area contributed by atoms with Crippen molar-refractivity contribution < 1.29 is 0 Å². The predicted molar refractivity (Wildman–Crippen MR) is 85.8 cm³/mol. The van der Waals surface area contributed by atoms with Crippen LogP contribution in [0.4, 0.5) is 0 Å². The second-order valence-corrected chi connectivity index (χ2v) is 5.20. The van der Waals surface area contributed by atoms with Crippen molar-refractivity contribution in [3.8, 4) is 0 Å². The summed E-state index contributed by atoms with van der Waals surface area (Å²) < 4.78 is 2.18. The Balaban J connectivity index is 2.68.